The molecule has 4 aliphatic rings. The number of unbranched alkanes of at least 4 members (excludes halogenated alkanes) is 6. The average molecular weight is 799 g/mol. The summed E-state index contributed by atoms with van der Waals surface area (Å²) < 4.78 is 44.0. The summed E-state index contributed by atoms with van der Waals surface area (Å²) in [5.41, 5.74) is 0. The fraction of sp³-hybridized carbons (Fsp3) is 0.881. The summed E-state index contributed by atoms with van der Waals surface area (Å²) in [5, 5.41) is 10.0. The standard InChI is InChI=1S/C21H36O7.C21H34O7/c2*1-15(23)27-18-13-19(28-21-11-7-8-12-26-21)17(14-22)16(18)9-5-3-4-6-10-20(24)25-2/h16-19,21-22H,3-14H2,1-2H3;14,16-19,21H,3-13H2,1-2H3/t2*16-,17-,18+,19-,21?/m11/s1. The zero-order valence-electron chi connectivity index (χ0n) is 34.4. The van der Waals surface area contributed by atoms with Crippen LogP contribution in [0.25, 0.3) is 0 Å². The summed E-state index contributed by atoms with van der Waals surface area (Å²) in [7, 11) is 2.80. The third-order valence-electron chi connectivity index (χ3n) is 11.6. The van der Waals surface area contributed by atoms with Crippen molar-refractivity contribution in [1.82, 2.24) is 0 Å². The molecule has 4 rings (SSSR count). The van der Waals surface area contributed by atoms with E-state index in [4.69, 9.17) is 28.4 Å². The Balaban J connectivity index is 0.000000300. The predicted molar refractivity (Wildman–Crippen MR) is 204 cm³/mol. The van der Waals surface area contributed by atoms with E-state index in [1.54, 1.807) is 0 Å². The van der Waals surface area contributed by atoms with Crippen molar-refractivity contribution in [2.75, 3.05) is 34.0 Å². The van der Waals surface area contributed by atoms with Gasteiger partial charge in [0.2, 0.25) is 0 Å². The highest BCUT2D eigenvalue weighted by molar-refractivity contribution is 5.69. The smallest absolute Gasteiger partial charge is 0.305 e. The first-order chi connectivity index (χ1) is 27.1. The van der Waals surface area contributed by atoms with Crippen molar-refractivity contribution >= 4 is 30.2 Å². The molecule has 14 nitrogen and oxygen atoms in total. The van der Waals surface area contributed by atoms with Crippen LogP contribution in [0.15, 0.2) is 0 Å². The van der Waals surface area contributed by atoms with Crippen LogP contribution in [0.5, 0.6) is 0 Å². The van der Waals surface area contributed by atoms with E-state index in [1.165, 1.54) is 28.1 Å². The lowest BCUT2D eigenvalue weighted by molar-refractivity contribution is -0.198. The van der Waals surface area contributed by atoms with Crippen LogP contribution < -0.4 is 0 Å². The van der Waals surface area contributed by atoms with E-state index in [1.807, 2.05) is 0 Å². The Kier molecular flexibility index (Phi) is 23.1. The summed E-state index contributed by atoms with van der Waals surface area (Å²) in [4.78, 5) is 57.2. The lowest BCUT2D eigenvalue weighted by Crippen LogP contribution is -2.33. The fourth-order valence-corrected chi connectivity index (χ4v) is 8.67. The van der Waals surface area contributed by atoms with E-state index in [2.05, 4.69) is 9.47 Å². The molecule has 4 fully saturated rings. The van der Waals surface area contributed by atoms with Gasteiger partial charge < -0.3 is 47.8 Å². The number of rotatable bonds is 22. The Hall–Kier alpha value is -2.65. The summed E-state index contributed by atoms with van der Waals surface area (Å²) in [6.07, 6.45) is 16.5. The Morgan fingerprint density at radius 2 is 1.07 bits per heavy atom. The van der Waals surface area contributed by atoms with Gasteiger partial charge in [0.1, 0.15) is 18.5 Å². The summed E-state index contributed by atoms with van der Waals surface area (Å²) in [6.45, 7) is 4.24. The van der Waals surface area contributed by atoms with Crippen LogP contribution in [0.2, 0.25) is 0 Å². The second-order valence-corrected chi connectivity index (χ2v) is 15.7. The lowest BCUT2D eigenvalue weighted by Gasteiger charge is -2.29. The molecule has 0 spiro atoms. The van der Waals surface area contributed by atoms with E-state index >= 15 is 0 Å². The van der Waals surface area contributed by atoms with Gasteiger partial charge in [-0.2, -0.15) is 0 Å². The first kappa shape index (κ1) is 47.7. The van der Waals surface area contributed by atoms with Crippen LogP contribution in [0, 0.1) is 23.7 Å². The maximum absolute atomic E-state index is 11.8. The topological polar surface area (TPSA) is 179 Å². The van der Waals surface area contributed by atoms with Gasteiger partial charge in [0.25, 0.3) is 0 Å². The van der Waals surface area contributed by atoms with Gasteiger partial charge >= 0.3 is 23.9 Å². The molecule has 1 N–H and O–H groups in total. The van der Waals surface area contributed by atoms with Crippen molar-refractivity contribution in [3.63, 3.8) is 0 Å². The van der Waals surface area contributed by atoms with E-state index in [0.717, 1.165) is 109 Å². The van der Waals surface area contributed by atoms with E-state index < -0.39 is 0 Å². The van der Waals surface area contributed by atoms with Gasteiger partial charge in [-0.1, -0.05) is 38.5 Å². The van der Waals surface area contributed by atoms with E-state index in [9.17, 15) is 29.1 Å². The molecular weight excluding hydrogens is 728 g/mol. The Bertz CT molecular complexity index is 1150. The number of methoxy groups -OCH3 is 2. The zero-order chi connectivity index (χ0) is 40.7. The number of hydrogen-bond donors (Lipinski definition) is 1. The third-order valence-corrected chi connectivity index (χ3v) is 11.6. The first-order valence-corrected chi connectivity index (χ1v) is 21.2. The van der Waals surface area contributed by atoms with Crippen molar-refractivity contribution < 1.29 is 67.0 Å². The van der Waals surface area contributed by atoms with Crippen molar-refractivity contribution in [3.05, 3.63) is 0 Å². The molecule has 14 heteroatoms. The molecule has 0 aromatic carbocycles. The summed E-state index contributed by atoms with van der Waals surface area (Å²) >= 11 is 0. The number of carbonyl (C=O) groups is 5. The van der Waals surface area contributed by atoms with Crippen LogP contribution in [0.3, 0.4) is 0 Å². The largest absolute Gasteiger partial charge is 0.469 e. The number of hydrogen-bond acceptors (Lipinski definition) is 14. The molecule has 2 aliphatic heterocycles. The fourth-order valence-electron chi connectivity index (χ4n) is 8.67. The zero-order valence-corrected chi connectivity index (χ0v) is 34.4. The van der Waals surface area contributed by atoms with Gasteiger partial charge in [0.15, 0.2) is 12.6 Å². The van der Waals surface area contributed by atoms with Gasteiger partial charge in [0, 0.05) is 83.0 Å². The molecular formula is C42H70O14. The summed E-state index contributed by atoms with van der Waals surface area (Å²) in [5.74, 6) is -1.26. The van der Waals surface area contributed by atoms with Gasteiger partial charge in [0.05, 0.1) is 26.4 Å². The second kappa shape index (κ2) is 27.1. The van der Waals surface area contributed by atoms with Crippen molar-refractivity contribution in [3.8, 4) is 0 Å². The number of aliphatic hydroxyl groups is 1. The summed E-state index contributed by atoms with van der Waals surface area (Å²) in [6, 6.07) is 0. The van der Waals surface area contributed by atoms with E-state index in [0.29, 0.717) is 38.9 Å². The number of esters is 4. The Labute approximate surface area is 333 Å². The molecule has 0 aromatic heterocycles. The molecule has 56 heavy (non-hydrogen) atoms. The van der Waals surface area contributed by atoms with Crippen LogP contribution in [0.4, 0.5) is 0 Å². The molecule has 322 valence electrons. The normalized spacial score (nSPS) is 30.1. The average Bonchev–Trinajstić information content (AvgIpc) is 3.68. The quantitative estimate of drug-likeness (QED) is 0.0570. The first-order valence-electron chi connectivity index (χ1n) is 21.2. The van der Waals surface area contributed by atoms with Crippen LogP contribution in [-0.4, -0.2) is 106 Å². The van der Waals surface area contributed by atoms with Gasteiger partial charge in [-0.15, -0.1) is 0 Å². The highest BCUT2D eigenvalue weighted by Gasteiger charge is 2.47. The molecule has 0 aromatic rings. The van der Waals surface area contributed by atoms with Gasteiger partial charge in [-0.05, 0) is 64.2 Å². The maximum Gasteiger partial charge on any atom is 0.305 e. The van der Waals surface area contributed by atoms with Crippen molar-refractivity contribution in [2.45, 2.75) is 179 Å². The van der Waals surface area contributed by atoms with Gasteiger partial charge in [-0.3, -0.25) is 19.2 Å². The van der Waals surface area contributed by atoms with Crippen molar-refractivity contribution in [2.24, 2.45) is 23.7 Å². The monoisotopic (exact) mass is 798 g/mol. The van der Waals surface area contributed by atoms with Crippen LogP contribution >= 0.6 is 0 Å². The molecule has 0 amide bonds. The number of aliphatic hydroxyl groups excluding tert-OH is 1. The Morgan fingerprint density at radius 3 is 1.52 bits per heavy atom. The van der Waals surface area contributed by atoms with Crippen LogP contribution in [0.1, 0.15) is 142 Å². The molecule has 2 saturated heterocycles. The molecule has 0 radical (unpaired) electrons. The number of aldehydes is 1. The minimum absolute atomic E-state index is 0.0160. The molecule has 2 heterocycles. The molecule has 2 saturated carbocycles. The molecule has 10 atom stereocenters. The number of ether oxygens (including phenoxy) is 8. The highest BCUT2D eigenvalue weighted by Crippen LogP contribution is 2.41. The lowest BCUT2D eigenvalue weighted by atomic mass is 9.89. The molecule has 0 bridgehead atoms. The minimum atomic E-state index is -0.327. The Morgan fingerprint density at radius 1 is 0.607 bits per heavy atom. The van der Waals surface area contributed by atoms with Crippen molar-refractivity contribution in [1.29, 1.82) is 0 Å². The SMILES string of the molecule is COC(=O)CCCCCC[C@@H]1[C@@H](C=O)[C@H](OC2CCCCO2)C[C@@H]1OC(C)=O.COC(=O)CCCCCC[C@@H]1[C@@H](CO)[C@H](OC2CCCCO2)C[C@@H]1OC(C)=O. The second-order valence-electron chi connectivity index (χ2n) is 15.7. The van der Waals surface area contributed by atoms with Crippen LogP contribution in [-0.2, 0) is 61.9 Å². The predicted octanol–water partition coefficient (Wildman–Crippen LogP) is 6.15. The number of carbonyl (C=O) groups excluding carboxylic acids is 5. The minimum Gasteiger partial charge on any atom is -0.469 e. The maximum atomic E-state index is 11.8. The van der Waals surface area contributed by atoms with E-state index in [-0.39, 0.29) is 91.2 Å². The molecule has 2 aliphatic carbocycles. The van der Waals surface area contributed by atoms with Gasteiger partial charge in [-0.25, -0.2) is 0 Å². The highest BCUT2D eigenvalue weighted by atomic mass is 16.7. The molecule has 2 unspecified atom stereocenters. The third kappa shape index (κ3) is 17.1.